The zero-order valence-corrected chi connectivity index (χ0v) is 57.8. The van der Waals surface area contributed by atoms with Gasteiger partial charge in [0.25, 0.3) is 0 Å². The van der Waals surface area contributed by atoms with Gasteiger partial charge in [-0.1, -0.05) is 136 Å². The molecule has 85 heavy (non-hydrogen) atoms. The molecular formula is C78H126BN3S3. The smallest absolute Gasteiger partial charge is 0.151 e. The Kier molecular flexibility index (Phi) is 16.1. The molecule has 30 unspecified atom stereocenters. The van der Waals surface area contributed by atoms with Gasteiger partial charge in [-0.05, 0) is 261 Å². The van der Waals surface area contributed by atoms with Gasteiger partial charge < -0.3 is 0 Å². The molecule has 0 aromatic rings. The fourth-order valence-electron chi connectivity index (χ4n) is 31.7. The molecule has 6 saturated heterocycles. The van der Waals surface area contributed by atoms with E-state index < -0.39 is 0 Å². The average molecular weight is 1210 g/mol. The SMILES string of the molecule is CC1CC(N2C3CCCCC3C3C4SC5CCCCC5C4CCC32)CC(C)C1B(C1C(C)CC(N2C3CCCCC3C3C4SC5CCCCC5C4CCC32)CC1C)C1C(C)CC(N2C3CCCCC3C3C4SC5CCCCC5C4CCC32)CC1C. The first-order chi connectivity index (χ1) is 41.7. The van der Waals surface area contributed by atoms with Crippen LogP contribution in [0.15, 0.2) is 0 Å². The van der Waals surface area contributed by atoms with Crippen LogP contribution in [0.2, 0.25) is 17.5 Å². The summed E-state index contributed by atoms with van der Waals surface area (Å²) in [6.07, 6.45) is 55.7. The first-order valence-corrected chi connectivity index (χ1v) is 42.8. The number of rotatable bonds is 6. The topological polar surface area (TPSA) is 9.72 Å². The maximum absolute atomic E-state index is 3.47. The minimum atomic E-state index is 0.844. The molecule has 0 bridgehead atoms. The largest absolute Gasteiger partial charge is 0.294 e. The molecule has 6 aliphatic heterocycles. The number of fused-ring (bicyclic) bond motifs is 21. The molecule has 0 spiro atoms. The molecule has 7 heteroatoms. The van der Waals surface area contributed by atoms with Crippen LogP contribution in [0.4, 0.5) is 0 Å². The van der Waals surface area contributed by atoms with E-state index in [2.05, 4.69) is 91.5 Å². The Morgan fingerprint density at radius 3 is 0.776 bits per heavy atom. The van der Waals surface area contributed by atoms with Crippen molar-refractivity contribution in [3.8, 4) is 0 Å². The molecular weight excluding hydrogens is 1090 g/mol. The summed E-state index contributed by atoms with van der Waals surface area (Å²) < 4.78 is 0. The van der Waals surface area contributed by atoms with Crippen LogP contribution in [-0.2, 0) is 0 Å². The minimum absolute atomic E-state index is 0.844. The summed E-state index contributed by atoms with van der Waals surface area (Å²) in [5, 5.41) is 6.06. The predicted molar refractivity (Wildman–Crippen MR) is 365 cm³/mol. The lowest BCUT2D eigenvalue weighted by molar-refractivity contribution is 0.0234. The Morgan fingerprint density at radius 2 is 0.494 bits per heavy atom. The lowest BCUT2D eigenvalue weighted by atomic mass is 9.18. The number of nitrogens with zero attached hydrogens (tertiary/aromatic N) is 3. The van der Waals surface area contributed by atoms with Crippen molar-refractivity contribution in [1.82, 2.24) is 14.7 Å². The highest BCUT2D eigenvalue weighted by Gasteiger charge is 2.67. The van der Waals surface area contributed by atoms with Crippen LogP contribution in [0.3, 0.4) is 0 Å². The van der Waals surface area contributed by atoms with Crippen LogP contribution >= 0.6 is 35.3 Å². The zero-order chi connectivity index (χ0) is 56.7. The quantitative estimate of drug-likeness (QED) is 0.244. The van der Waals surface area contributed by atoms with Crippen molar-refractivity contribution in [2.75, 3.05) is 0 Å². The molecule has 0 aromatic carbocycles. The van der Waals surface area contributed by atoms with Gasteiger partial charge in [0.2, 0.25) is 0 Å². The van der Waals surface area contributed by atoms with E-state index in [0.29, 0.717) is 0 Å². The van der Waals surface area contributed by atoms with E-state index in [9.17, 15) is 0 Å². The van der Waals surface area contributed by atoms with Crippen molar-refractivity contribution in [2.24, 2.45) is 107 Å². The lowest BCUT2D eigenvalue weighted by Gasteiger charge is -2.58. The maximum atomic E-state index is 3.47. The third-order valence-corrected chi connectivity index (χ3v) is 39.3. The van der Waals surface area contributed by atoms with Gasteiger partial charge in [-0.3, -0.25) is 14.7 Å². The van der Waals surface area contributed by atoms with E-state index in [1.165, 1.54) is 135 Å². The molecule has 474 valence electrons. The third-order valence-electron chi connectivity index (χ3n) is 33.6. The van der Waals surface area contributed by atoms with Gasteiger partial charge in [0.1, 0.15) is 0 Å². The summed E-state index contributed by atoms with van der Waals surface area (Å²) >= 11 is 7.84. The summed E-state index contributed by atoms with van der Waals surface area (Å²) in [5.74, 6) is 20.3. The fourth-order valence-corrected chi connectivity index (χ4v) is 38.8. The van der Waals surface area contributed by atoms with Crippen LogP contribution < -0.4 is 0 Å². The highest BCUT2D eigenvalue weighted by atomic mass is 32.2. The Morgan fingerprint density at radius 1 is 0.247 bits per heavy atom. The maximum Gasteiger partial charge on any atom is 0.151 e. The summed E-state index contributed by atoms with van der Waals surface area (Å²) in [6.45, 7) is 18.5. The lowest BCUT2D eigenvalue weighted by Crippen LogP contribution is -2.58. The zero-order valence-electron chi connectivity index (χ0n) is 55.4. The van der Waals surface area contributed by atoms with Gasteiger partial charge >= 0.3 is 0 Å². The standard InChI is InChI=1S/C78H126BN3S3/c1-43-37-49(80-61-25-13-7-22-58(61)70-64(80)34-31-55-52-19-10-16-28-67(52)83-76(55)70)38-44(2)73(43)79(74-45(3)39-50(40-46(74)4)81-62-26-14-8-23-59(62)71-65(81)35-32-56-53-20-11-17-29-68(53)84-77(56)71)75-47(5)41-51(42-48(75)6)82-63-27-15-9-24-60(63)72-66(82)36-33-57-54-21-12-18-30-69(54)85-78(57)72/h43-78H,7-42H2,1-6H3. The second kappa shape index (κ2) is 23.4. The molecule has 0 aromatic heterocycles. The highest BCUT2D eigenvalue weighted by molar-refractivity contribution is 8.01. The molecule has 12 aliphatic carbocycles. The number of likely N-dealkylation sites (tertiary alicyclic amines) is 3. The Bertz CT molecular complexity index is 2080. The third kappa shape index (κ3) is 9.37. The van der Waals surface area contributed by atoms with Crippen molar-refractivity contribution in [3.63, 3.8) is 0 Å². The van der Waals surface area contributed by atoms with E-state index in [1.54, 1.807) is 96.3 Å². The summed E-state index contributed by atoms with van der Waals surface area (Å²) in [6, 6.07) is 7.99. The number of thioether (sulfide) groups is 3. The minimum Gasteiger partial charge on any atom is -0.294 e. The molecule has 0 radical (unpaired) electrons. The van der Waals surface area contributed by atoms with Crippen LogP contribution in [0.5, 0.6) is 0 Å². The van der Waals surface area contributed by atoms with E-state index in [1.807, 2.05) is 0 Å². The summed E-state index contributed by atoms with van der Waals surface area (Å²) in [5.41, 5.74) is 0. The first kappa shape index (κ1) is 58.6. The highest BCUT2D eigenvalue weighted by Crippen LogP contribution is 2.69. The van der Waals surface area contributed by atoms with Gasteiger partial charge in [0, 0.05) is 85.9 Å². The van der Waals surface area contributed by atoms with Crippen LogP contribution in [0.25, 0.3) is 0 Å². The Hall–Kier alpha value is 0.995. The Balaban J connectivity index is 0.645. The van der Waals surface area contributed by atoms with Gasteiger partial charge in [-0.25, -0.2) is 0 Å². The Labute approximate surface area is 535 Å². The molecule has 18 fully saturated rings. The van der Waals surface area contributed by atoms with Crippen molar-refractivity contribution < 1.29 is 0 Å². The van der Waals surface area contributed by atoms with E-state index in [-0.39, 0.29) is 0 Å². The van der Waals surface area contributed by atoms with E-state index in [0.717, 1.165) is 217 Å². The van der Waals surface area contributed by atoms with Crippen molar-refractivity contribution >= 4 is 42.0 Å². The van der Waals surface area contributed by atoms with Crippen molar-refractivity contribution in [3.05, 3.63) is 0 Å². The van der Waals surface area contributed by atoms with E-state index in [4.69, 9.17) is 0 Å². The van der Waals surface area contributed by atoms with Gasteiger partial charge in [0.15, 0.2) is 6.71 Å². The average Bonchev–Trinajstić information content (AvgIpc) is 2.08. The van der Waals surface area contributed by atoms with E-state index >= 15 is 0 Å². The summed E-state index contributed by atoms with van der Waals surface area (Å²) in [7, 11) is 0. The first-order valence-electron chi connectivity index (χ1n) is 39.9. The van der Waals surface area contributed by atoms with Crippen molar-refractivity contribution in [1.29, 1.82) is 0 Å². The number of hydrogen-bond acceptors (Lipinski definition) is 6. The fraction of sp³-hybridized carbons (Fsp3) is 1.00. The van der Waals surface area contributed by atoms with Gasteiger partial charge in [-0.15, -0.1) is 0 Å². The second-order valence-corrected chi connectivity index (χ2v) is 41.1. The molecule has 18 rings (SSSR count). The van der Waals surface area contributed by atoms with Crippen LogP contribution in [-0.4, -0.2) is 107 Å². The molecule has 12 saturated carbocycles. The molecule has 30 atom stereocenters. The predicted octanol–water partition coefficient (Wildman–Crippen LogP) is 19.7. The summed E-state index contributed by atoms with van der Waals surface area (Å²) in [4.78, 5) is 10.4. The van der Waals surface area contributed by atoms with Gasteiger partial charge in [0.05, 0.1) is 0 Å². The molecule has 6 heterocycles. The van der Waals surface area contributed by atoms with Crippen LogP contribution in [0.1, 0.15) is 273 Å². The molecule has 0 amide bonds. The monoisotopic (exact) mass is 1210 g/mol. The normalized spacial score (nSPS) is 59.1. The number of hydrogen-bond donors (Lipinski definition) is 0. The molecule has 0 N–H and O–H groups in total. The molecule has 18 aliphatic rings. The van der Waals surface area contributed by atoms with Crippen LogP contribution in [0, 0.1) is 107 Å². The van der Waals surface area contributed by atoms with Gasteiger partial charge in [-0.2, -0.15) is 35.3 Å². The van der Waals surface area contributed by atoms with Crippen molar-refractivity contribution in [2.45, 2.75) is 376 Å². The molecule has 3 nitrogen and oxygen atoms in total. The second-order valence-electron chi connectivity index (χ2n) is 36.9.